The summed E-state index contributed by atoms with van der Waals surface area (Å²) in [5.74, 6) is -0.203. The van der Waals surface area contributed by atoms with E-state index in [0.29, 0.717) is 16.0 Å². The number of carbonyl (C=O) groups is 2. The standard InChI is InChI=1S/C17H21N5O2S2/c23-14(20-15(24)19-13-8-4-5-9-13)11-25-17-22-21-16(26-17)18-10-12-6-2-1-3-7-12/h1-3,6-7,13H,4-5,8-11H2,(H,18,21)(H2,19,20,23,24). The number of anilines is 1. The summed E-state index contributed by atoms with van der Waals surface area (Å²) in [5, 5.41) is 17.2. The number of benzene rings is 1. The third-order valence-corrected chi connectivity index (χ3v) is 5.98. The van der Waals surface area contributed by atoms with E-state index in [2.05, 4.69) is 26.1 Å². The van der Waals surface area contributed by atoms with Crippen LogP contribution in [0.4, 0.5) is 9.93 Å². The summed E-state index contributed by atoms with van der Waals surface area (Å²) in [7, 11) is 0. The third kappa shape index (κ3) is 5.99. The van der Waals surface area contributed by atoms with Crippen LogP contribution in [-0.4, -0.2) is 33.9 Å². The van der Waals surface area contributed by atoms with Gasteiger partial charge in [-0.3, -0.25) is 10.1 Å². The van der Waals surface area contributed by atoms with Crippen molar-refractivity contribution in [3.05, 3.63) is 35.9 Å². The average Bonchev–Trinajstić information content (AvgIpc) is 3.31. The zero-order valence-corrected chi connectivity index (χ0v) is 15.9. The largest absolute Gasteiger partial charge is 0.356 e. The number of thioether (sulfide) groups is 1. The topological polar surface area (TPSA) is 96.0 Å². The van der Waals surface area contributed by atoms with Crippen LogP contribution in [0.1, 0.15) is 31.2 Å². The van der Waals surface area contributed by atoms with Crippen molar-refractivity contribution in [3.8, 4) is 0 Å². The molecule has 26 heavy (non-hydrogen) atoms. The van der Waals surface area contributed by atoms with Crippen LogP contribution in [0.25, 0.3) is 0 Å². The van der Waals surface area contributed by atoms with Gasteiger partial charge in [0.25, 0.3) is 0 Å². The Morgan fingerprint density at radius 3 is 2.69 bits per heavy atom. The number of amides is 3. The predicted octanol–water partition coefficient (Wildman–Crippen LogP) is 3.01. The van der Waals surface area contributed by atoms with E-state index in [9.17, 15) is 9.59 Å². The first-order valence-corrected chi connectivity index (χ1v) is 10.3. The number of nitrogens with one attached hydrogen (secondary N) is 3. The van der Waals surface area contributed by atoms with Crippen molar-refractivity contribution in [2.45, 2.75) is 42.6 Å². The van der Waals surface area contributed by atoms with Crippen LogP contribution in [0.3, 0.4) is 0 Å². The number of hydrogen-bond acceptors (Lipinski definition) is 7. The maximum absolute atomic E-state index is 11.9. The molecular formula is C17H21N5O2S2. The number of urea groups is 1. The van der Waals surface area contributed by atoms with Gasteiger partial charge in [-0.05, 0) is 18.4 Å². The van der Waals surface area contributed by atoms with Gasteiger partial charge in [0.2, 0.25) is 11.0 Å². The molecule has 0 spiro atoms. The normalized spacial score (nSPS) is 14.2. The Kier molecular flexibility index (Phi) is 6.84. The molecule has 3 amide bonds. The molecule has 2 aromatic rings. The quantitative estimate of drug-likeness (QED) is 0.628. The fourth-order valence-electron chi connectivity index (χ4n) is 2.69. The van der Waals surface area contributed by atoms with Crippen molar-refractivity contribution < 1.29 is 9.59 Å². The molecule has 0 radical (unpaired) electrons. The third-order valence-electron chi connectivity index (χ3n) is 3.96. The Morgan fingerprint density at radius 2 is 1.92 bits per heavy atom. The van der Waals surface area contributed by atoms with Gasteiger partial charge in [0.05, 0.1) is 5.75 Å². The molecule has 1 saturated carbocycles. The predicted molar refractivity (Wildman–Crippen MR) is 103 cm³/mol. The van der Waals surface area contributed by atoms with Gasteiger partial charge in [0.1, 0.15) is 0 Å². The fraction of sp³-hybridized carbons (Fsp3) is 0.412. The number of aromatic nitrogens is 2. The van der Waals surface area contributed by atoms with E-state index in [1.807, 2.05) is 30.3 Å². The molecule has 0 aliphatic heterocycles. The van der Waals surface area contributed by atoms with Gasteiger partial charge in [-0.1, -0.05) is 66.3 Å². The maximum atomic E-state index is 11.9. The molecule has 0 saturated heterocycles. The summed E-state index contributed by atoms with van der Waals surface area (Å²) in [6.07, 6.45) is 4.23. The van der Waals surface area contributed by atoms with Crippen molar-refractivity contribution >= 4 is 40.2 Å². The van der Waals surface area contributed by atoms with Crippen molar-refractivity contribution in [1.82, 2.24) is 20.8 Å². The molecule has 1 aromatic carbocycles. The highest BCUT2D eigenvalue weighted by atomic mass is 32.2. The van der Waals surface area contributed by atoms with E-state index >= 15 is 0 Å². The van der Waals surface area contributed by atoms with Gasteiger partial charge in [0, 0.05) is 12.6 Å². The Hall–Kier alpha value is -2.13. The molecule has 1 fully saturated rings. The molecule has 1 aliphatic rings. The van der Waals surface area contributed by atoms with E-state index in [0.717, 1.165) is 31.2 Å². The van der Waals surface area contributed by atoms with Crippen molar-refractivity contribution in [3.63, 3.8) is 0 Å². The molecule has 0 atom stereocenters. The lowest BCUT2D eigenvalue weighted by Gasteiger charge is -2.11. The Morgan fingerprint density at radius 1 is 1.15 bits per heavy atom. The highest BCUT2D eigenvalue weighted by molar-refractivity contribution is 8.01. The highest BCUT2D eigenvalue weighted by Gasteiger charge is 2.18. The van der Waals surface area contributed by atoms with E-state index in [1.165, 1.54) is 23.1 Å². The summed E-state index contributed by atoms with van der Waals surface area (Å²) in [5.41, 5.74) is 1.16. The van der Waals surface area contributed by atoms with Gasteiger partial charge in [0.15, 0.2) is 4.34 Å². The number of hydrogen-bond donors (Lipinski definition) is 3. The van der Waals surface area contributed by atoms with Gasteiger partial charge in [-0.15, -0.1) is 10.2 Å². The Balaban J connectivity index is 1.37. The Labute approximate surface area is 160 Å². The first kappa shape index (κ1) is 18.7. The minimum absolute atomic E-state index is 0.130. The highest BCUT2D eigenvalue weighted by Crippen LogP contribution is 2.25. The van der Waals surface area contributed by atoms with Crippen LogP contribution in [-0.2, 0) is 11.3 Å². The summed E-state index contributed by atoms with van der Waals surface area (Å²) >= 11 is 2.66. The van der Waals surface area contributed by atoms with Crippen molar-refractivity contribution in [1.29, 1.82) is 0 Å². The first-order valence-electron chi connectivity index (χ1n) is 8.53. The van der Waals surface area contributed by atoms with Gasteiger partial charge < -0.3 is 10.6 Å². The van der Waals surface area contributed by atoms with Gasteiger partial charge in [-0.25, -0.2) is 4.79 Å². The molecule has 3 N–H and O–H groups in total. The molecule has 9 heteroatoms. The molecule has 0 bridgehead atoms. The first-order chi connectivity index (χ1) is 12.7. The second-order valence-corrected chi connectivity index (χ2v) is 8.20. The molecule has 138 valence electrons. The lowest BCUT2D eigenvalue weighted by Crippen LogP contribution is -2.44. The molecule has 1 heterocycles. The molecular weight excluding hydrogens is 370 g/mol. The van der Waals surface area contributed by atoms with E-state index in [-0.39, 0.29) is 17.7 Å². The molecule has 1 aromatic heterocycles. The van der Waals surface area contributed by atoms with Crippen LogP contribution < -0.4 is 16.0 Å². The second-order valence-electron chi connectivity index (χ2n) is 6.00. The van der Waals surface area contributed by atoms with E-state index < -0.39 is 6.03 Å². The molecule has 3 rings (SSSR count). The second kappa shape index (κ2) is 9.54. The smallest absolute Gasteiger partial charge is 0.321 e. The maximum Gasteiger partial charge on any atom is 0.321 e. The lowest BCUT2D eigenvalue weighted by molar-refractivity contribution is -0.117. The lowest BCUT2D eigenvalue weighted by atomic mass is 10.2. The Bertz CT molecular complexity index is 732. The SMILES string of the molecule is O=C(CSc1nnc(NCc2ccccc2)s1)NC(=O)NC1CCCC1. The van der Waals surface area contributed by atoms with Gasteiger partial charge >= 0.3 is 6.03 Å². The van der Waals surface area contributed by atoms with Crippen LogP contribution in [0.2, 0.25) is 0 Å². The minimum atomic E-state index is -0.412. The zero-order chi connectivity index (χ0) is 18.2. The van der Waals surface area contributed by atoms with Crippen LogP contribution in [0.5, 0.6) is 0 Å². The zero-order valence-electron chi connectivity index (χ0n) is 14.2. The van der Waals surface area contributed by atoms with E-state index in [1.54, 1.807) is 0 Å². The number of carbonyl (C=O) groups excluding carboxylic acids is 2. The van der Waals surface area contributed by atoms with Crippen LogP contribution in [0.15, 0.2) is 34.7 Å². The number of imide groups is 1. The summed E-state index contributed by atoms with van der Waals surface area (Å²) < 4.78 is 0.687. The van der Waals surface area contributed by atoms with Gasteiger partial charge in [-0.2, -0.15) is 0 Å². The number of nitrogens with zero attached hydrogens (tertiary/aromatic N) is 2. The molecule has 0 unspecified atom stereocenters. The monoisotopic (exact) mass is 391 g/mol. The fourth-order valence-corrected chi connectivity index (χ4v) is 4.24. The molecule has 1 aliphatic carbocycles. The summed E-state index contributed by atoms with van der Waals surface area (Å²) in [4.78, 5) is 23.6. The average molecular weight is 392 g/mol. The summed E-state index contributed by atoms with van der Waals surface area (Å²) in [6, 6.07) is 9.79. The summed E-state index contributed by atoms with van der Waals surface area (Å²) in [6.45, 7) is 0.669. The van der Waals surface area contributed by atoms with Crippen LogP contribution >= 0.6 is 23.1 Å². The van der Waals surface area contributed by atoms with Crippen molar-refractivity contribution in [2.75, 3.05) is 11.1 Å². The number of rotatable bonds is 7. The van der Waals surface area contributed by atoms with Crippen LogP contribution in [0, 0.1) is 0 Å². The van der Waals surface area contributed by atoms with Crippen molar-refractivity contribution in [2.24, 2.45) is 0 Å². The molecule has 7 nitrogen and oxygen atoms in total. The van der Waals surface area contributed by atoms with E-state index in [4.69, 9.17) is 0 Å². The minimum Gasteiger partial charge on any atom is -0.356 e.